The van der Waals surface area contributed by atoms with Gasteiger partial charge in [-0.3, -0.25) is 9.10 Å². The average molecular weight is 378 g/mol. The highest BCUT2D eigenvalue weighted by Crippen LogP contribution is 2.26. The van der Waals surface area contributed by atoms with Gasteiger partial charge in [-0.1, -0.05) is 36.8 Å². The summed E-state index contributed by atoms with van der Waals surface area (Å²) < 4.78 is 39.7. The molecule has 2 rings (SSSR count). The van der Waals surface area contributed by atoms with Gasteiger partial charge in [0.25, 0.3) is 0 Å². The molecule has 1 atom stereocenters. The van der Waals surface area contributed by atoms with Crippen LogP contribution >= 0.6 is 0 Å². The van der Waals surface area contributed by atoms with Crippen LogP contribution in [0.5, 0.6) is 0 Å². The second-order valence-corrected chi connectivity index (χ2v) is 8.10. The number of hydrogen-bond donors (Lipinski definition) is 1. The molecule has 26 heavy (non-hydrogen) atoms. The van der Waals surface area contributed by atoms with Gasteiger partial charge in [0.1, 0.15) is 11.9 Å². The Kier molecular flexibility index (Phi) is 6.02. The van der Waals surface area contributed by atoms with Gasteiger partial charge in [0.2, 0.25) is 15.9 Å². The van der Waals surface area contributed by atoms with Crippen LogP contribution in [0, 0.1) is 19.7 Å². The number of nitrogens with zero attached hydrogens (tertiary/aromatic N) is 1. The van der Waals surface area contributed by atoms with Crippen molar-refractivity contribution in [1.82, 2.24) is 0 Å². The van der Waals surface area contributed by atoms with Crippen LogP contribution < -0.4 is 9.62 Å². The average Bonchev–Trinajstić information content (AvgIpc) is 2.55. The SMILES string of the molecule is CC[C@@H](C(=O)Nc1ccc(C)cc1C)N(c1ccccc1F)S(C)(=O)=O. The van der Waals surface area contributed by atoms with E-state index in [1.807, 2.05) is 26.0 Å². The van der Waals surface area contributed by atoms with Crippen LogP contribution in [-0.4, -0.2) is 26.6 Å². The largest absolute Gasteiger partial charge is 0.324 e. The Balaban J connectivity index is 2.42. The zero-order chi connectivity index (χ0) is 19.5. The predicted octanol–water partition coefficient (Wildman–Crippen LogP) is 3.63. The van der Waals surface area contributed by atoms with E-state index in [0.717, 1.165) is 21.7 Å². The summed E-state index contributed by atoms with van der Waals surface area (Å²) >= 11 is 0. The fourth-order valence-corrected chi connectivity index (χ4v) is 4.05. The number of anilines is 2. The molecule has 0 aliphatic carbocycles. The van der Waals surface area contributed by atoms with Crippen LogP contribution in [0.3, 0.4) is 0 Å². The maximum absolute atomic E-state index is 14.2. The van der Waals surface area contributed by atoms with E-state index in [1.54, 1.807) is 13.0 Å². The lowest BCUT2D eigenvalue weighted by Gasteiger charge is -2.30. The molecule has 0 heterocycles. The number of halogens is 1. The summed E-state index contributed by atoms with van der Waals surface area (Å²) in [6.07, 6.45) is 1.16. The molecule has 7 heteroatoms. The monoisotopic (exact) mass is 378 g/mol. The van der Waals surface area contributed by atoms with Gasteiger partial charge < -0.3 is 5.32 Å². The molecule has 0 spiro atoms. The fraction of sp³-hybridized carbons (Fsp3) is 0.316. The van der Waals surface area contributed by atoms with E-state index >= 15 is 0 Å². The van der Waals surface area contributed by atoms with E-state index in [0.29, 0.717) is 5.69 Å². The third-order valence-electron chi connectivity index (χ3n) is 4.06. The van der Waals surface area contributed by atoms with Gasteiger partial charge in [-0.25, -0.2) is 12.8 Å². The molecule has 1 amide bonds. The molecule has 0 aromatic heterocycles. The highest BCUT2D eigenvalue weighted by Gasteiger charge is 2.33. The minimum absolute atomic E-state index is 0.141. The van der Waals surface area contributed by atoms with Crippen LogP contribution in [0.1, 0.15) is 24.5 Å². The molecule has 0 fully saturated rings. The summed E-state index contributed by atoms with van der Waals surface area (Å²) in [4.78, 5) is 12.8. The van der Waals surface area contributed by atoms with Crippen molar-refractivity contribution in [2.75, 3.05) is 15.9 Å². The van der Waals surface area contributed by atoms with Crippen molar-refractivity contribution in [3.05, 3.63) is 59.4 Å². The lowest BCUT2D eigenvalue weighted by molar-refractivity contribution is -0.117. The number of amides is 1. The number of carbonyl (C=O) groups excluding carboxylic acids is 1. The first-order valence-corrected chi connectivity index (χ1v) is 10.1. The molecule has 5 nitrogen and oxygen atoms in total. The van der Waals surface area contributed by atoms with E-state index in [1.165, 1.54) is 24.3 Å². The molecule has 0 aliphatic rings. The maximum Gasteiger partial charge on any atom is 0.248 e. The zero-order valence-electron chi connectivity index (χ0n) is 15.3. The Bertz CT molecular complexity index is 913. The van der Waals surface area contributed by atoms with Crippen molar-refractivity contribution in [2.24, 2.45) is 0 Å². The van der Waals surface area contributed by atoms with Crippen molar-refractivity contribution in [3.63, 3.8) is 0 Å². The lowest BCUT2D eigenvalue weighted by Crippen LogP contribution is -2.47. The highest BCUT2D eigenvalue weighted by atomic mass is 32.2. The van der Waals surface area contributed by atoms with Crippen LogP contribution in [0.4, 0.5) is 15.8 Å². The van der Waals surface area contributed by atoms with Gasteiger partial charge in [0, 0.05) is 5.69 Å². The normalized spacial score (nSPS) is 12.5. The summed E-state index contributed by atoms with van der Waals surface area (Å²) in [6.45, 7) is 5.48. The van der Waals surface area contributed by atoms with Gasteiger partial charge in [-0.2, -0.15) is 0 Å². The summed E-state index contributed by atoms with van der Waals surface area (Å²) in [5, 5.41) is 2.76. The van der Waals surface area contributed by atoms with E-state index in [9.17, 15) is 17.6 Å². The first-order chi connectivity index (χ1) is 12.1. The van der Waals surface area contributed by atoms with Crippen LogP contribution in [0.25, 0.3) is 0 Å². The van der Waals surface area contributed by atoms with Gasteiger partial charge >= 0.3 is 0 Å². The summed E-state index contributed by atoms with van der Waals surface area (Å²) in [7, 11) is -3.87. The number of aryl methyl sites for hydroxylation is 2. The number of rotatable bonds is 6. The van der Waals surface area contributed by atoms with Crippen molar-refractivity contribution in [1.29, 1.82) is 0 Å². The summed E-state index contributed by atoms with van der Waals surface area (Å²) in [5.41, 5.74) is 2.38. The molecule has 0 unspecified atom stereocenters. The first kappa shape index (κ1) is 19.9. The minimum Gasteiger partial charge on any atom is -0.324 e. The smallest absolute Gasteiger partial charge is 0.248 e. The second-order valence-electron chi connectivity index (χ2n) is 6.24. The zero-order valence-corrected chi connectivity index (χ0v) is 16.1. The number of carbonyl (C=O) groups is 1. The molecule has 0 bridgehead atoms. The van der Waals surface area contributed by atoms with Gasteiger partial charge in [0.15, 0.2) is 0 Å². The number of sulfonamides is 1. The third kappa shape index (κ3) is 4.40. The highest BCUT2D eigenvalue weighted by molar-refractivity contribution is 7.92. The molecule has 0 saturated heterocycles. The second kappa shape index (κ2) is 7.86. The molecular weight excluding hydrogens is 355 g/mol. The Hall–Kier alpha value is -2.41. The number of para-hydroxylation sites is 1. The quantitative estimate of drug-likeness (QED) is 0.835. The lowest BCUT2D eigenvalue weighted by atomic mass is 10.1. The molecular formula is C19H23FN2O3S. The van der Waals surface area contributed by atoms with Crippen molar-refractivity contribution < 1.29 is 17.6 Å². The van der Waals surface area contributed by atoms with E-state index in [2.05, 4.69) is 5.32 Å². The number of benzene rings is 2. The number of hydrogen-bond acceptors (Lipinski definition) is 3. The molecule has 0 aliphatic heterocycles. The third-order valence-corrected chi connectivity index (χ3v) is 5.23. The minimum atomic E-state index is -3.87. The van der Waals surface area contributed by atoms with Crippen LogP contribution in [-0.2, 0) is 14.8 Å². The molecule has 0 radical (unpaired) electrons. The van der Waals surface area contributed by atoms with Crippen molar-refractivity contribution in [3.8, 4) is 0 Å². The Morgan fingerprint density at radius 3 is 2.38 bits per heavy atom. The molecule has 2 aromatic carbocycles. The Morgan fingerprint density at radius 2 is 1.85 bits per heavy atom. The standard InChI is InChI=1S/C19H23FN2O3S/c1-5-17(19(23)21-16-11-10-13(2)12-14(16)3)22(26(4,24)25)18-9-7-6-8-15(18)20/h6-12,17H,5H2,1-4H3,(H,21,23)/t17-/m0/s1. The molecule has 0 saturated carbocycles. The van der Waals surface area contributed by atoms with Gasteiger partial charge in [-0.05, 0) is 44.0 Å². The summed E-state index contributed by atoms with van der Waals surface area (Å²) in [6, 6.07) is 10.00. The predicted molar refractivity (Wildman–Crippen MR) is 102 cm³/mol. The van der Waals surface area contributed by atoms with Crippen LogP contribution in [0.2, 0.25) is 0 Å². The Labute approximate surface area is 153 Å². The fourth-order valence-electron chi connectivity index (χ4n) is 2.84. The van der Waals surface area contributed by atoms with E-state index in [-0.39, 0.29) is 12.1 Å². The van der Waals surface area contributed by atoms with Crippen molar-refractivity contribution in [2.45, 2.75) is 33.2 Å². The molecule has 1 N–H and O–H groups in total. The van der Waals surface area contributed by atoms with Crippen LogP contribution in [0.15, 0.2) is 42.5 Å². The summed E-state index contributed by atoms with van der Waals surface area (Å²) in [5.74, 6) is -1.20. The van der Waals surface area contributed by atoms with E-state index < -0.39 is 27.8 Å². The van der Waals surface area contributed by atoms with E-state index in [4.69, 9.17) is 0 Å². The number of nitrogens with one attached hydrogen (secondary N) is 1. The van der Waals surface area contributed by atoms with Gasteiger partial charge in [0.05, 0.1) is 11.9 Å². The van der Waals surface area contributed by atoms with Crippen molar-refractivity contribution >= 4 is 27.3 Å². The molecule has 2 aromatic rings. The first-order valence-electron chi connectivity index (χ1n) is 8.27. The topological polar surface area (TPSA) is 66.5 Å². The van der Waals surface area contributed by atoms with Gasteiger partial charge in [-0.15, -0.1) is 0 Å². The molecule has 140 valence electrons. The maximum atomic E-state index is 14.2. The Morgan fingerprint density at radius 1 is 1.19 bits per heavy atom.